The van der Waals surface area contributed by atoms with E-state index in [0.29, 0.717) is 12.1 Å². The second kappa shape index (κ2) is 6.25. The van der Waals surface area contributed by atoms with Crippen LogP contribution in [0.25, 0.3) is 0 Å². The van der Waals surface area contributed by atoms with Gasteiger partial charge in [-0.05, 0) is 18.2 Å². The number of hydrogen-bond donors (Lipinski definition) is 1. The molecule has 9 heteroatoms. The lowest BCUT2D eigenvalue weighted by Crippen LogP contribution is -2.22. The second-order valence-corrected chi connectivity index (χ2v) is 4.99. The van der Waals surface area contributed by atoms with Gasteiger partial charge in [-0.15, -0.1) is 0 Å². The van der Waals surface area contributed by atoms with E-state index in [1.165, 1.54) is 6.92 Å². The molecule has 0 aliphatic rings. The molecule has 0 aromatic heterocycles. The number of rotatable bonds is 3. The van der Waals surface area contributed by atoms with Crippen molar-refractivity contribution in [3.05, 3.63) is 29.3 Å². The third-order valence-corrected chi connectivity index (χ3v) is 3.51. The molecule has 1 amide bonds. The van der Waals surface area contributed by atoms with E-state index in [4.69, 9.17) is 0 Å². The van der Waals surface area contributed by atoms with Crippen molar-refractivity contribution in [3.8, 4) is 0 Å². The standard InChI is InChI=1S/C12H10BrF6NO/c1-6(5-13)10(21)20-9-3-7(11(14,15)16)2-8(4-9)12(17,18)19/h2-4,6H,5H2,1H3,(H,20,21). The van der Waals surface area contributed by atoms with Gasteiger partial charge in [-0.3, -0.25) is 4.79 Å². The normalized spacial score (nSPS) is 13.9. The van der Waals surface area contributed by atoms with E-state index in [1.54, 1.807) is 0 Å². The van der Waals surface area contributed by atoms with E-state index in [1.807, 2.05) is 5.32 Å². The molecule has 118 valence electrons. The Bertz CT molecular complexity index is 493. The summed E-state index contributed by atoms with van der Waals surface area (Å²) in [6.45, 7) is 1.47. The largest absolute Gasteiger partial charge is 0.416 e. The number of alkyl halides is 7. The van der Waals surface area contributed by atoms with E-state index in [0.717, 1.165) is 0 Å². The fourth-order valence-electron chi connectivity index (χ4n) is 1.36. The number of benzene rings is 1. The van der Waals surface area contributed by atoms with Crippen LogP contribution in [-0.2, 0) is 17.1 Å². The summed E-state index contributed by atoms with van der Waals surface area (Å²) in [5, 5.41) is 2.27. The highest BCUT2D eigenvalue weighted by Gasteiger charge is 2.37. The van der Waals surface area contributed by atoms with Crippen LogP contribution in [0.3, 0.4) is 0 Å². The van der Waals surface area contributed by atoms with Gasteiger partial charge in [0.1, 0.15) is 0 Å². The maximum absolute atomic E-state index is 12.6. The predicted octanol–water partition coefficient (Wildman–Crippen LogP) is 4.69. The van der Waals surface area contributed by atoms with Gasteiger partial charge in [0.2, 0.25) is 5.91 Å². The molecule has 1 aromatic carbocycles. The first-order valence-electron chi connectivity index (χ1n) is 5.61. The van der Waals surface area contributed by atoms with Crippen molar-refractivity contribution >= 4 is 27.5 Å². The Morgan fingerprint density at radius 2 is 1.52 bits per heavy atom. The number of nitrogens with one attached hydrogen (secondary N) is 1. The Morgan fingerprint density at radius 3 is 1.86 bits per heavy atom. The third-order valence-electron chi connectivity index (χ3n) is 2.53. The SMILES string of the molecule is CC(CBr)C(=O)Nc1cc(C(F)(F)F)cc(C(F)(F)F)c1. The molecule has 1 rings (SSSR count). The fourth-order valence-corrected chi connectivity index (χ4v) is 1.66. The van der Waals surface area contributed by atoms with Crippen molar-refractivity contribution in [2.45, 2.75) is 19.3 Å². The summed E-state index contributed by atoms with van der Waals surface area (Å²) >= 11 is 3.00. The van der Waals surface area contributed by atoms with Crippen molar-refractivity contribution in [3.63, 3.8) is 0 Å². The fraction of sp³-hybridized carbons (Fsp3) is 0.417. The maximum Gasteiger partial charge on any atom is 0.416 e. The van der Waals surface area contributed by atoms with Crippen LogP contribution in [0.15, 0.2) is 18.2 Å². The molecule has 1 atom stereocenters. The van der Waals surface area contributed by atoms with Crippen LogP contribution >= 0.6 is 15.9 Å². The van der Waals surface area contributed by atoms with Crippen LogP contribution < -0.4 is 5.32 Å². The molecule has 0 aliphatic carbocycles. The van der Waals surface area contributed by atoms with Crippen LogP contribution in [0.1, 0.15) is 18.1 Å². The van der Waals surface area contributed by atoms with E-state index < -0.39 is 41.0 Å². The summed E-state index contributed by atoms with van der Waals surface area (Å²) in [6.07, 6.45) is -9.89. The molecule has 1 N–H and O–H groups in total. The Balaban J connectivity index is 3.23. The summed E-state index contributed by atoms with van der Waals surface area (Å²) in [5.41, 5.74) is -3.49. The molecule has 1 aromatic rings. The molecule has 0 spiro atoms. The molecule has 2 nitrogen and oxygen atoms in total. The van der Waals surface area contributed by atoms with Crippen molar-refractivity contribution in [2.24, 2.45) is 5.92 Å². The van der Waals surface area contributed by atoms with Crippen LogP contribution in [0.5, 0.6) is 0 Å². The van der Waals surface area contributed by atoms with Gasteiger partial charge in [0.05, 0.1) is 11.1 Å². The minimum absolute atomic E-state index is 0.00354. The minimum atomic E-state index is -4.94. The average Bonchev–Trinajstić information content (AvgIpc) is 2.35. The van der Waals surface area contributed by atoms with Crippen molar-refractivity contribution in [2.75, 3.05) is 10.6 Å². The molecule has 21 heavy (non-hydrogen) atoms. The first-order chi connectivity index (χ1) is 9.45. The van der Waals surface area contributed by atoms with Gasteiger partial charge in [-0.1, -0.05) is 22.9 Å². The van der Waals surface area contributed by atoms with Crippen molar-refractivity contribution < 1.29 is 31.1 Å². The maximum atomic E-state index is 12.6. The highest BCUT2D eigenvalue weighted by molar-refractivity contribution is 9.09. The third kappa shape index (κ3) is 4.90. The van der Waals surface area contributed by atoms with Gasteiger partial charge in [0, 0.05) is 16.9 Å². The number of hydrogen-bond acceptors (Lipinski definition) is 1. The molecule has 0 saturated carbocycles. The molecule has 1 unspecified atom stereocenters. The van der Waals surface area contributed by atoms with Gasteiger partial charge in [0.25, 0.3) is 0 Å². The van der Waals surface area contributed by atoms with Crippen LogP contribution in [-0.4, -0.2) is 11.2 Å². The molecule has 0 bridgehead atoms. The van der Waals surface area contributed by atoms with Gasteiger partial charge >= 0.3 is 12.4 Å². The van der Waals surface area contributed by atoms with Crippen LogP contribution in [0.4, 0.5) is 32.0 Å². The predicted molar refractivity (Wildman–Crippen MR) is 68.0 cm³/mol. The van der Waals surface area contributed by atoms with E-state index >= 15 is 0 Å². The molecular formula is C12H10BrF6NO. The lowest BCUT2D eigenvalue weighted by molar-refractivity contribution is -0.143. The van der Waals surface area contributed by atoms with Gasteiger partial charge < -0.3 is 5.32 Å². The van der Waals surface area contributed by atoms with Gasteiger partial charge in [-0.25, -0.2) is 0 Å². The van der Waals surface area contributed by atoms with Gasteiger partial charge in [0.15, 0.2) is 0 Å². The topological polar surface area (TPSA) is 29.1 Å². The van der Waals surface area contributed by atoms with Crippen LogP contribution in [0.2, 0.25) is 0 Å². The molecule has 0 heterocycles. The summed E-state index contributed by atoms with van der Waals surface area (Å²) < 4.78 is 75.7. The van der Waals surface area contributed by atoms with E-state index in [2.05, 4.69) is 15.9 Å². The minimum Gasteiger partial charge on any atom is -0.326 e. The Kier molecular flexibility index (Phi) is 5.30. The number of anilines is 1. The molecule has 0 saturated heterocycles. The van der Waals surface area contributed by atoms with Crippen molar-refractivity contribution in [1.29, 1.82) is 0 Å². The Labute approximate surface area is 124 Å². The molecule has 0 fully saturated rings. The zero-order chi connectivity index (χ0) is 16.4. The molecular weight excluding hydrogens is 368 g/mol. The van der Waals surface area contributed by atoms with Crippen LogP contribution in [0, 0.1) is 5.92 Å². The summed E-state index contributed by atoms with van der Waals surface area (Å²) in [4.78, 5) is 11.6. The molecule has 0 radical (unpaired) electrons. The first-order valence-corrected chi connectivity index (χ1v) is 6.73. The monoisotopic (exact) mass is 377 g/mol. The van der Waals surface area contributed by atoms with E-state index in [-0.39, 0.29) is 11.4 Å². The second-order valence-electron chi connectivity index (χ2n) is 4.34. The zero-order valence-corrected chi connectivity index (χ0v) is 12.2. The zero-order valence-electron chi connectivity index (χ0n) is 10.6. The summed E-state index contributed by atoms with van der Waals surface area (Å²) in [5.74, 6) is -1.28. The summed E-state index contributed by atoms with van der Waals surface area (Å²) in [7, 11) is 0. The van der Waals surface area contributed by atoms with E-state index in [9.17, 15) is 31.1 Å². The Hall–Kier alpha value is -1.25. The number of carbonyl (C=O) groups excluding carboxylic acids is 1. The number of halogens is 7. The first kappa shape index (κ1) is 17.8. The lowest BCUT2D eigenvalue weighted by atomic mass is 10.1. The average molecular weight is 378 g/mol. The van der Waals surface area contributed by atoms with Gasteiger partial charge in [-0.2, -0.15) is 26.3 Å². The highest BCUT2D eigenvalue weighted by Crippen LogP contribution is 2.37. The summed E-state index contributed by atoms with van der Waals surface area (Å²) in [6, 6.07) is 0.936. The van der Waals surface area contributed by atoms with Crippen molar-refractivity contribution in [1.82, 2.24) is 0 Å². The Morgan fingerprint density at radius 1 is 1.10 bits per heavy atom. The quantitative estimate of drug-likeness (QED) is 0.600. The number of carbonyl (C=O) groups is 1. The molecule has 0 aliphatic heterocycles. The lowest BCUT2D eigenvalue weighted by Gasteiger charge is -2.15. The smallest absolute Gasteiger partial charge is 0.326 e. The number of amides is 1. The highest BCUT2D eigenvalue weighted by atomic mass is 79.9.